The number of aromatic nitrogens is 2. The van der Waals surface area contributed by atoms with Gasteiger partial charge in [-0.15, -0.1) is 0 Å². The molecule has 0 N–H and O–H groups in total. The van der Waals surface area contributed by atoms with E-state index in [0.717, 1.165) is 72.3 Å². The standard InChI is InChI=1S/C46H30N2O/c1-4-14-31(15-5-1)34-20-12-21-35(26-34)36-27-37(39-23-13-24-41-40-22-10-11-25-44(40)49-45(39)41)29-38(28-36)43-30-42(32-16-6-2-7-17-32)47-46(48-43)33-18-8-3-9-19-33/h1-30H. The molecule has 0 aliphatic carbocycles. The van der Waals surface area contributed by atoms with Gasteiger partial charge in [0.1, 0.15) is 11.2 Å². The predicted octanol–water partition coefficient (Wildman–Crippen LogP) is 12.4. The maximum Gasteiger partial charge on any atom is 0.160 e. The molecule has 0 atom stereocenters. The van der Waals surface area contributed by atoms with Crippen LogP contribution in [0.1, 0.15) is 0 Å². The highest BCUT2D eigenvalue weighted by atomic mass is 16.3. The largest absolute Gasteiger partial charge is 0.455 e. The molecule has 0 aliphatic heterocycles. The van der Waals surface area contributed by atoms with E-state index in [1.54, 1.807) is 0 Å². The first-order chi connectivity index (χ1) is 24.3. The average Bonchev–Trinajstić information content (AvgIpc) is 3.58. The van der Waals surface area contributed by atoms with Crippen LogP contribution >= 0.6 is 0 Å². The van der Waals surface area contributed by atoms with E-state index in [0.29, 0.717) is 5.82 Å². The molecular weight excluding hydrogens is 597 g/mol. The Labute approximate surface area is 284 Å². The Morgan fingerprint density at radius 2 is 0.837 bits per heavy atom. The summed E-state index contributed by atoms with van der Waals surface area (Å²) in [6, 6.07) is 63.3. The SMILES string of the molecule is c1ccc(-c2cccc(-c3cc(-c4cc(-c5ccccc5)nc(-c5ccccc5)n4)cc(-c4cccc5c4oc4ccccc45)c3)c2)cc1. The highest BCUT2D eigenvalue weighted by molar-refractivity contribution is 6.09. The molecule has 0 saturated heterocycles. The number of furan rings is 1. The molecule has 2 aromatic heterocycles. The van der Waals surface area contributed by atoms with Gasteiger partial charge in [0.2, 0.25) is 0 Å². The molecule has 0 saturated carbocycles. The molecule has 0 unspecified atom stereocenters. The highest BCUT2D eigenvalue weighted by Crippen LogP contribution is 2.40. The Bertz CT molecular complexity index is 2530. The van der Waals surface area contributed by atoms with Crippen molar-refractivity contribution in [3.05, 3.63) is 182 Å². The molecule has 3 heteroatoms. The molecule has 49 heavy (non-hydrogen) atoms. The quantitative estimate of drug-likeness (QED) is 0.184. The maximum absolute atomic E-state index is 6.53. The molecule has 0 fully saturated rings. The van der Waals surface area contributed by atoms with Crippen LogP contribution in [0.4, 0.5) is 0 Å². The summed E-state index contributed by atoms with van der Waals surface area (Å²) < 4.78 is 6.53. The minimum atomic E-state index is 0.689. The van der Waals surface area contributed by atoms with Crippen LogP contribution < -0.4 is 0 Å². The van der Waals surface area contributed by atoms with E-state index in [1.807, 2.05) is 48.5 Å². The molecular formula is C46H30N2O. The van der Waals surface area contributed by atoms with Gasteiger partial charge in [-0.25, -0.2) is 9.97 Å². The van der Waals surface area contributed by atoms with Crippen molar-refractivity contribution in [1.29, 1.82) is 0 Å². The van der Waals surface area contributed by atoms with E-state index in [2.05, 4.69) is 133 Å². The second-order valence-electron chi connectivity index (χ2n) is 12.2. The predicted molar refractivity (Wildman–Crippen MR) is 202 cm³/mol. The van der Waals surface area contributed by atoms with E-state index in [-0.39, 0.29) is 0 Å². The Morgan fingerprint density at radius 3 is 1.59 bits per heavy atom. The van der Waals surface area contributed by atoms with E-state index in [9.17, 15) is 0 Å². The summed E-state index contributed by atoms with van der Waals surface area (Å²) in [6.45, 7) is 0. The number of hydrogen-bond acceptors (Lipinski definition) is 3. The number of fused-ring (bicyclic) bond motifs is 3. The Morgan fingerprint density at radius 1 is 0.327 bits per heavy atom. The lowest BCUT2D eigenvalue weighted by Crippen LogP contribution is -1.96. The van der Waals surface area contributed by atoms with Crippen LogP contribution in [0.2, 0.25) is 0 Å². The van der Waals surface area contributed by atoms with Crippen LogP contribution in [-0.2, 0) is 0 Å². The van der Waals surface area contributed by atoms with Crippen molar-refractivity contribution in [2.24, 2.45) is 0 Å². The van der Waals surface area contributed by atoms with Crippen molar-refractivity contribution in [3.63, 3.8) is 0 Å². The van der Waals surface area contributed by atoms with Gasteiger partial charge < -0.3 is 4.42 Å². The van der Waals surface area contributed by atoms with Gasteiger partial charge in [0, 0.05) is 33.0 Å². The van der Waals surface area contributed by atoms with Gasteiger partial charge in [-0.1, -0.05) is 146 Å². The molecule has 0 amide bonds. The summed E-state index contributed by atoms with van der Waals surface area (Å²) in [6.07, 6.45) is 0. The zero-order chi connectivity index (χ0) is 32.6. The third kappa shape index (κ3) is 5.48. The molecule has 7 aromatic carbocycles. The van der Waals surface area contributed by atoms with Gasteiger partial charge in [0.05, 0.1) is 11.4 Å². The van der Waals surface area contributed by atoms with Crippen LogP contribution in [-0.4, -0.2) is 9.97 Å². The van der Waals surface area contributed by atoms with E-state index >= 15 is 0 Å². The number of nitrogens with zero attached hydrogens (tertiary/aromatic N) is 2. The summed E-state index contributed by atoms with van der Waals surface area (Å²) in [4.78, 5) is 10.2. The summed E-state index contributed by atoms with van der Waals surface area (Å²) in [7, 11) is 0. The van der Waals surface area contributed by atoms with Crippen molar-refractivity contribution in [3.8, 4) is 67.3 Å². The molecule has 0 bridgehead atoms. The van der Waals surface area contributed by atoms with Gasteiger partial charge in [0.25, 0.3) is 0 Å². The second-order valence-corrected chi connectivity index (χ2v) is 12.2. The first-order valence-corrected chi connectivity index (χ1v) is 16.5. The van der Waals surface area contributed by atoms with Crippen molar-refractivity contribution >= 4 is 21.9 Å². The van der Waals surface area contributed by atoms with Gasteiger partial charge >= 0.3 is 0 Å². The lowest BCUT2D eigenvalue weighted by Gasteiger charge is -2.14. The average molecular weight is 627 g/mol. The minimum Gasteiger partial charge on any atom is -0.455 e. The number of hydrogen-bond donors (Lipinski definition) is 0. The van der Waals surface area contributed by atoms with Gasteiger partial charge in [-0.05, 0) is 64.2 Å². The van der Waals surface area contributed by atoms with Gasteiger partial charge in [-0.3, -0.25) is 0 Å². The summed E-state index contributed by atoms with van der Waals surface area (Å²) >= 11 is 0. The normalized spacial score (nSPS) is 11.3. The van der Waals surface area contributed by atoms with E-state index in [4.69, 9.17) is 14.4 Å². The summed E-state index contributed by atoms with van der Waals surface area (Å²) in [5, 5.41) is 2.22. The third-order valence-electron chi connectivity index (χ3n) is 9.07. The van der Waals surface area contributed by atoms with Crippen molar-refractivity contribution in [2.75, 3.05) is 0 Å². The fraction of sp³-hybridized carbons (Fsp3) is 0. The smallest absolute Gasteiger partial charge is 0.160 e. The zero-order valence-electron chi connectivity index (χ0n) is 26.6. The van der Waals surface area contributed by atoms with Crippen LogP contribution in [0.5, 0.6) is 0 Å². The fourth-order valence-electron chi connectivity index (χ4n) is 6.65. The monoisotopic (exact) mass is 626 g/mol. The van der Waals surface area contributed by atoms with Gasteiger partial charge in [0.15, 0.2) is 5.82 Å². The van der Waals surface area contributed by atoms with E-state index in [1.165, 1.54) is 11.1 Å². The minimum absolute atomic E-state index is 0.689. The lowest BCUT2D eigenvalue weighted by molar-refractivity contribution is 0.670. The Kier molecular flexibility index (Phi) is 7.14. The van der Waals surface area contributed by atoms with Gasteiger partial charge in [-0.2, -0.15) is 0 Å². The maximum atomic E-state index is 6.53. The first kappa shape index (κ1) is 28.6. The van der Waals surface area contributed by atoms with Crippen LogP contribution in [0, 0.1) is 0 Å². The Balaban J connectivity index is 1.29. The topological polar surface area (TPSA) is 38.9 Å². The molecule has 3 nitrogen and oxygen atoms in total. The molecule has 0 spiro atoms. The Hall–Kier alpha value is -6.58. The highest BCUT2D eigenvalue weighted by Gasteiger charge is 2.17. The molecule has 2 heterocycles. The summed E-state index contributed by atoms with van der Waals surface area (Å²) in [5.41, 5.74) is 13.2. The molecule has 9 aromatic rings. The first-order valence-electron chi connectivity index (χ1n) is 16.5. The molecule has 0 radical (unpaired) electrons. The molecule has 230 valence electrons. The third-order valence-corrected chi connectivity index (χ3v) is 9.07. The molecule has 0 aliphatic rings. The van der Waals surface area contributed by atoms with Crippen LogP contribution in [0.3, 0.4) is 0 Å². The zero-order valence-corrected chi connectivity index (χ0v) is 26.6. The van der Waals surface area contributed by atoms with Crippen molar-refractivity contribution < 1.29 is 4.42 Å². The lowest BCUT2D eigenvalue weighted by atomic mass is 9.92. The number of rotatable bonds is 6. The van der Waals surface area contributed by atoms with Crippen LogP contribution in [0.15, 0.2) is 186 Å². The molecule has 9 rings (SSSR count). The summed E-state index contributed by atoms with van der Waals surface area (Å²) in [5.74, 6) is 0.689. The van der Waals surface area contributed by atoms with Crippen molar-refractivity contribution in [1.82, 2.24) is 9.97 Å². The number of benzene rings is 7. The van der Waals surface area contributed by atoms with Crippen molar-refractivity contribution in [2.45, 2.75) is 0 Å². The van der Waals surface area contributed by atoms with E-state index < -0.39 is 0 Å². The number of para-hydroxylation sites is 2. The fourth-order valence-corrected chi connectivity index (χ4v) is 6.65. The second kappa shape index (κ2) is 12.2. The van der Waals surface area contributed by atoms with Crippen LogP contribution in [0.25, 0.3) is 89.2 Å².